The molecule has 2 amide bonds. The summed E-state index contributed by atoms with van der Waals surface area (Å²) in [5, 5.41) is 3.03. The number of rotatable bonds is 1. The summed E-state index contributed by atoms with van der Waals surface area (Å²) in [5.74, 6) is 0. The second-order valence-corrected chi connectivity index (χ2v) is 5.37. The molecule has 0 radical (unpaired) electrons. The number of benzene rings is 1. The van der Waals surface area contributed by atoms with Crippen molar-refractivity contribution in [3.63, 3.8) is 0 Å². The lowest BCUT2D eigenvalue weighted by Gasteiger charge is -2.45. The molecular weight excluding hydrogens is 224 g/mol. The molecule has 1 aromatic rings. The van der Waals surface area contributed by atoms with Gasteiger partial charge in [-0.25, -0.2) is 4.79 Å². The number of hydrogen-bond acceptors (Lipinski definition) is 1. The summed E-state index contributed by atoms with van der Waals surface area (Å²) >= 11 is 0. The summed E-state index contributed by atoms with van der Waals surface area (Å²) < 4.78 is 0. The average Bonchev–Trinajstić information content (AvgIpc) is 2.39. The third-order valence-electron chi connectivity index (χ3n) is 4.20. The van der Waals surface area contributed by atoms with Gasteiger partial charge in [0.05, 0.1) is 0 Å². The topological polar surface area (TPSA) is 32.3 Å². The summed E-state index contributed by atoms with van der Waals surface area (Å²) in [6, 6.07) is 10.8. The Labute approximate surface area is 108 Å². The molecule has 0 spiro atoms. The van der Waals surface area contributed by atoms with Crippen molar-refractivity contribution >= 4 is 11.7 Å². The van der Waals surface area contributed by atoms with Gasteiger partial charge >= 0.3 is 6.03 Å². The van der Waals surface area contributed by atoms with Gasteiger partial charge in [-0.2, -0.15) is 0 Å². The van der Waals surface area contributed by atoms with Crippen molar-refractivity contribution in [3.05, 3.63) is 30.3 Å². The van der Waals surface area contributed by atoms with Crippen molar-refractivity contribution in [2.45, 2.75) is 50.6 Å². The molecule has 0 saturated carbocycles. The molecule has 2 saturated heterocycles. The quantitative estimate of drug-likeness (QED) is 0.804. The van der Waals surface area contributed by atoms with Gasteiger partial charge in [0.15, 0.2) is 0 Å². The average molecular weight is 244 g/mol. The molecule has 3 nitrogen and oxygen atoms in total. The molecule has 3 rings (SSSR count). The number of amides is 2. The summed E-state index contributed by atoms with van der Waals surface area (Å²) in [7, 11) is 0. The van der Waals surface area contributed by atoms with E-state index in [1.165, 1.54) is 38.5 Å². The van der Waals surface area contributed by atoms with E-state index >= 15 is 0 Å². The smallest absolute Gasteiger partial charge is 0.319 e. The first-order valence-electron chi connectivity index (χ1n) is 6.99. The fraction of sp³-hybridized carbons (Fsp3) is 0.533. The number of carbonyl (C=O) groups is 1. The van der Waals surface area contributed by atoms with Crippen molar-refractivity contribution in [2.24, 2.45) is 0 Å². The number of para-hydroxylation sites is 1. The second kappa shape index (κ2) is 5.01. The Morgan fingerprint density at radius 1 is 1.00 bits per heavy atom. The van der Waals surface area contributed by atoms with Gasteiger partial charge in [0.2, 0.25) is 0 Å². The minimum Gasteiger partial charge on any atom is -0.319 e. The molecule has 2 fully saturated rings. The molecule has 1 N–H and O–H groups in total. The first kappa shape index (κ1) is 11.6. The highest BCUT2D eigenvalue weighted by molar-refractivity contribution is 5.89. The Bertz CT molecular complexity index is 396. The van der Waals surface area contributed by atoms with Crippen LogP contribution in [0, 0.1) is 0 Å². The monoisotopic (exact) mass is 244 g/mol. The molecule has 18 heavy (non-hydrogen) atoms. The summed E-state index contributed by atoms with van der Waals surface area (Å²) in [6.45, 7) is 0. The maximum absolute atomic E-state index is 12.4. The highest BCUT2D eigenvalue weighted by Gasteiger charge is 2.36. The number of anilines is 1. The zero-order valence-electron chi connectivity index (χ0n) is 10.6. The second-order valence-electron chi connectivity index (χ2n) is 5.37. The lowest BCUT2D eigenvalue weighted by atomic mass is 9.85. The van der Waals surface area contributed by atoms with Crippen LogP contribution in [0.4, 0.5) is 10.5 Å². The van der Waals surface area contributed by atoms with Crippen LogP contribution >= 0.6 is 0 Å². The van der Waals surface area contributed by atoms with E-state index in [9.17, 15) is 4.79 Å². The van der Waals surface area contributed by atoms with Crippen LogP contribution in [0.25, 0.3) is 0 Å². The summed E-state index contributed by atoms with van der Waals surface area (Å²) in [5.41, 5.74) is 0.895. The van der Waals surface area contributed by atoms with E-state index in [1.807, 2.05) is 30.3 Å². The SMILES string of the molecule is O=C(Nc1ccccc1)N1C2CCCC1CCC2. The normalized spacial score (nSPS) is 26.8. The van der Waals surface area contributed by atoms with Gasteiger partial charge in [-0.3, -0.25) is 0 Å². The Hall–Kier alpha value is -1.51. The number of nitrogens with zero attached hydrogens (tertiary/aromatic N) is 1. The van der Waals surface area contributed by atoms with Crippen molar-refractivity contribution in [3.8, 4) is 0 Å². The number of nitrogens with one attached hydrogen (secondary N) is 1. The zero-order valence-corrected chi connectivity index (χ0v) is 10.6. The standard InChI is InChI=1S/C15H20N2O/c18-15(16-12-6-2-1-3-7-12)17-13-8-4-9-14(17)11-5-10-13/h1-3,6-7,13-14H,4-5,8-11H2,(H,16,18). The summed E-state index contributed by atoms with van der Waals surface area (Å²) in [4.78, 5) is 14.5. The molecule has 0 aliphatic carbocycles. The van der Waals surface area contributed by atoms with Crippen molar-refractivity contribution in [1.82, 2.24) is 4.90 Å². The molecule has 0 aromatic heterocycles. The van der Waals surface area contributed by atoms with E-state index < -0.39 is 0 Å². The fourth-order valence-corrected chi connectivity index (χ4v) is 3.36. The zero-order chi connectivity index (χ0) is 12.4. The lowest BCUT2D eigenvalue weighted by molar-refractivity contribution is 0.0784. The van der Waals surface area contributed by atoms with E-state index in [4.69, 9.17) is 0 Å². The third-order valence-corrected chi connectivity index (χ3v) is 4.20. The van der Waals surface area contributed by atoms with Gasteiger partial charge in [-0.05, 0) is 50.7 Å². The minimum absolute atomic E-state index is 0.0931. The molecule has 96 valence electrons. The summed E-state index contributed by atoms with van der Waals surface area (Å²) in [6.07, 6.45) is 7.28. The molecule has 0 unspecified atom stereocenters. The van der Waals surface area contributed by atoms with Crippen LogP contribution < -0.4 is 5.32 Å². The Balaban J connectivity index is 1.72. The van der Waals surface area contributed by atoms with E-state index in [1.54, 1.807) is 0 Å². The first-order valence-corrected chi connectivity index (χ1v) is 6.99. The molecule has 2 aliphatic heterocycles. The predicted octanol–water partition coefficient (Wildman–Crippen LogP) is 3.63. The molecule has 2 aliphatic rings. The molecule has 0 atom stereocenters. The van der Waals surface area contributed by atoms with Crippen LogP contribution in [0.15, 0.2) is 30.3 Å². The number of carbonyl (C=O) groups excluding carboxylic acids is 1. The lowest BCUT2D eigenvalue weighted by Crippen LogP contribution is -2.54. The maximum atomic E-state index is 12.4. The van der Waals surface area contributed by atoms with E-state index in [2.05, 4.69) is 10.2 Å². The van der Waals surface area contributed by atoms with Gasteiger partial charge in [0, 0.05) is 17.8 Å². The molecule has 2 bridgehead atoms. The Morgan fingerprint density at radius 2 is 1.56 bits per heavy atom. The highest BCUT2D eigenvalue weighted by atomic mass is 16.2. The predicted molar refractivity (Wildman–Crippen MR) is 72.6 cm³/mol. The maximum Gasteiger partial charge on any atom is 0.322 e. The van der Waals surface area contributed by atoms with Crippen LogP contribution in [-0.2, 0) is 0 Å². The van der Waals surface area contributed by atoms with Gasteiger partial charge in [0.1, 0.15) is 0 Å². The molecular formula is C15H20N2O. The number of fused-ring (bicyclic) bond motifs is 2. The van der Waals surface area contributed by atoms with Gasteiger partial charge in [-0.15, -0.1) is 0 Å². The van der Waals surface area contributed by atoms with Crippen molar-refractivity contribution < 1.29 is 4.79 Å². The van der Waals surface area contributed by atoms with Gasteiger partial charge < -0.3 is 10.2 Å². The van der Waals surface area contributed by atoms with E-state index in [-0.39, 0.29) is 6.03 Å². The Kier molecular flexibility index (Phi) is 3.22. The van der Waals surface area contributed by atoms with Crippen molar-refractivity contribution in [2.75, 3.05) is 5.32 Å². The van der Waals surface area contributed by atoms with Gasteiger partial charge in [0.25, 0.3) is 0 Å². The number of hydrogen-bond donors (Lipinski definition) is 1. The van der Waals surface area contributed by atoms with Gasteiger partial charge in [-0.1, -0.05) is 18.2 Å². The van der Waals surface area contributed by atoms with Crippen LogP contribution in [0.2, 0.25) is 0 Å². The first-order chi connectivity index (χ1) is 8.84. The Morgan fingerprint density at radius 3 is 2.11 bits per heavy atom. The van der Waals surface area contributed by atoms with Crippen LogP contribution in [0.5, 0.6) is 0 Å². The largest absolute Gasteiger partial charge is 0.322 e. The van der Waals surface area contributed by atoms with Crippen LogP contribution in [0.1, 0.15) is 38.5 Å². The van der Waals surface area contributed by atoms with E-state index in [0.29, 0.717) is 12.1 Å². The number of urea groups is 1. The molecule has 2 heterocycles. The van der Waals surface area contributed by atoms with Crippen LogP contribution in [0.3, 0.4) is 0 Å². The molecule has 3 heteroatoms. The highest BCUT2D eigenvalue weighted by Crippen LogP contribution is 2.34. The molecule has 1 aromatic carbocycles. The van der Waals surface area contributed by atoms with Crippen LogP contribution in [-0.4, -0.2) is 23.0 Å². The van der Waals surface area contributed by atoms with Crippen molar-refractivity contribution in [1.29, 1.82) is 0 Å². The number of piperidine rings is 2. The fourth-order valence-electron chi connectivity index (χ4n) is 3.36. The van der Waals surface area contributed by atoms with E-state index in [0.717, 1.165) is 5.69 Å². The third kappa shape index (κ3) is 2.22. The minimum atomic E-state index is 0.0931.